The molecule has 5 heteroatoms. The molecule has 2 rings (SSSR count). The third kappa shape index (κ3) is 6.24. The molecule has 0 aliphatic carbocycles. The van der Waals surface area contributed by atoms with Crippen LogP contribution in [0, 0.1) is 6.92 Å². The van der Waals surface area contributed by atoms with Gasteiger partial charge in [0.05, 0.1) is 5.71 Å². The number of aryl methyl sites for hydroxylation is 1. The van der Waals surface area contributed by atoms with Gasteiger partial charge in [-0.1, -0.05) is 55.3 Å². The van der Waals surface area contributed by atoms with Crippen LogP contribution in [0.4, 0.5) is 0 Å². The van der Waals surface area contributed by atoms with Gasteiger partial charge >= 0.3 is 0 Å². The highest BCUT2D eigenvalue weighted by Crippen LogP contribution is 2.21. The summed E-state index contributed by atoms with van der Waals surface area (Å²) in [5, 5.41) is 4.94. The van der Waals surface area contributed by atoms with E-state index in [1.807, 2.05) is 37.3 Å². The Labute approximate surface area is 153 Å². The second kappa shape index (κ2) is 9.84. The Kier molecular flexibility index (Phi) is 7.48. The van der Waals surface area contributed by atoms with Gasteiger partial charge in [0.25, 0.3) is 5.91 Å². The number of unbranched alkanes of at least 4 members (excludes halogenated alkanes) is 1. The highest BCUT2D eigenvalue weighted by molar-refractivity contribution is 6.30. The lowest BCUT2D eigenvalue weighted by atomic mass is 10.1. The summed E-state index contributed by atoms with van der Waals surface area (Å²) in [5.74, 6) is 0.345. The molecule has 0 aromatic heterocycles. The van der Waals surface area contributed by atoms with E-state index >= 15 is 0 Å². The van der Waals surface area contributed by atoms with E-state index in [2.05, 4.69) is 17.5 Å². The summed E-state index contributed by atoms with van der Waals surface area (Å²) in [6, 6.07) is 15.2. The van der Waals surface area contributed by atoms with Crippen LogP contribution in [0.15, 0.2) is 53.6 Å². The van der Waals surface area contributed by atoms with Gasteiger partial charge in [0, 0.05) is 5.02 Å². The minimum absolute atomic E-state index is 0.0954. The van der Waals surface area contributed by atoms with Crippen LogP contribution >= 0.6 is 11.6 Å². The van der Waals surface area contributed by atoms with Crippen LogP contribution in [0.2, 0.25) is 5.02 Å². The number of ether oxygens (including phenoxy) is 1. The first-order chi connectivity index (χ1) is 12.1. The average molecular weight is 359 g/mol. The highest BCUT2D eigenvalue weighted by atomic mass is 35.5. The summed E-state index contributed by atoms with van der Waals surface area (Å²) in [4.78, 5) is 12.0. The maximum atomic E-state index is 12.0. The molecule has 1 N–H and O–H groups in total. The first-order valence-electron chi connectivity index (χ1n) is 8.40. The molecule has 2 aromatic carbocycles. The number of hydrogen-bond donors (Lipinski definition) is 1. The van der Waals surface area contributed by atoms with Crippen molar-refractivity contribution in [3.8, 4) is 5.75 Å². The molecular weight excluding hydrogens is 336 g/mol. The van der Waals surface area contributed by atoms with E-state index in [-0.39, 0.29) is 12.5 Å². The minimum atomic E-state index is -0.292. The summed E-state index contributed by atoms with van der Waals surface area (Å²) in [6.45, 7) is 3.92. The SMILES string of the molecule is CCCC/C(=N\NC(=O)COc1ccc(Cl)cc1C)c1ccccc1. The van der Waals surface area contributed by atoms with Gasteiger partial charge in [0.2, 0.25) is 0 Å². The van der Waals surface area contributed by atoms with Crippen molar-refractivity contribution in [2.24, 2.45) is 5.10 Å². The number of nitrogens with zero attached hydrogens (tertiary/aromatic N) is 1. The number of nitrogens with one attached hydrogen (secondary N) is 1. The van der Waals surface area contributed by atoms with Gasteiger partial charge in [0.1, 0.15) is 5.75 Å². The number of carbonyl (C=O) groups is 1. The smallest absolute Gasteiger partial charge is 0.277 e. The molecule has 0 saturated carbocycles. The molecule has 0 radical (unpaired) electrons. The fraction of sp³-hybridized carbons (Fsp3) is 0.300. The summed E-state index contributed by atoms with van der Waals surface area (Å²) in [5.41, 5.74) is 5.37. The Balaban J connectivity index is 1.96. The zero-order chi connectivity index (χ0) is 18.1. The van der Waals surface area contributed by atoms with Crippen molar-refractivity contribution in [2.45, 2.75) is 33.1 Å². The lowest BCUT2D eigenvalue weighted by molar-refractivity contribution is -0.123. The zero-order valence-electron chi connectivity index (χ0n) is 14.6. The Morgan fingerprint density at radius 3 is 2.64 bits per heavy atom. The van der Waals surface area contributed by atoms with E-state index in [1.54, 1.807) is 18.2 Å². The van der Waals surface area contributed by atoms with Crippen LogP contribution in [0.3, 0.4) is 0 Å². The fourth-order valence-corrected chi connectivity index (χ4v) is 2.55. The Morgan fingerprint density at radius 2 is 1.96 bits per heavy atom. The van der Waals surface area contributed by atoms with Gasteiger partial charge in [-0.25, -0.2) is 5.43 Å². The number of amides is 1. The van der Waals surface area contributed by atoms with Gasteiger partial charge in [-0.3, -0.25) is 4.79 Å². The van der Waals surface area contributed by atoms with Crippen LogP contribution in [0.25, 0.3) is 0 Å². The normalized spacial score (nSPS) is 11.2. The molecule has 0 saturated heterocycles. The molecule has 132 valence electrons. The molecule has 0 aliphatic rings. The number of hydrazone groups is 1. The van der Waals surface area contributed by atoms with Crippen LogP contribution in [0.5, 0.6) is 5.75 Å². The Hall–Kier alpha value is -2.33. The molecule has 4 nitrogen and oxygen atoms in total. The molecule has 0 heterocycles. The summed E-state index contributed by atoms with van der Waals surface area (Å²) in [6.07, 6.45) is 2.90. The fourth-order valence-electron chi connectivity index (χ4n) is 2.32. The number of rotatable bonds is 8. The van der Waals surface area contributed by atoms with Gasteiger partial charge in [0.15, 0.2) is 6.61 Å². The van der Waals surface area contributed by atoms with E-state index in [4.69, 9.17) is 16.3 Å². The van der Waals surface area contributed by atoms with Crippen molar-refractivity contribution in [2.75, 3.05) is 6.61 Å². The summed E-state index contributed by atoms with van der Waals surface area (Å²) in [7, 11) is 0. The van der Waals surface area contributed by atoms with E-state index in [0.29, 0.717) is 10.8 Å². The quantitative estimate of drug-likeness (QED) is 0.547. The third-order valence-corrected chi connectivity index (χ3v) is 3.92. The van der Waals surface area contributed by atoms with E-state index in [0.717, 1.165) is 36.1 Å². The monoisotopic (exact) mass is 358 g/mol. The van der Waals surface area contributed by atoms with Crippen LogP contribution in [-0.2, 0) is 4.79 Å². The molecule has 0 aliphatic heterocycles. The molecule has 0 atom stereocenters. The molecule has 2 aromatic rings. The molecule has 0 spiro atoms. The lowest BCUT2D eigenvalue weighted by Gasteiger charge is -2.09. The van der Waals surface area contributed by atoms with Crippen molar-refractivity contribution in [3.63, 3.8) is 0 Å². The zero-order valence-corrected chi connectivity index (χ0v) is 15.3. The molecule has 1 amide bonds. The Bertz CT molecular complexity index is 730. The second-order valence-corrected chi connectivity index (χ2v) is 6.20. The van der Waals surface area contributed by atoms with Crippen molar-refractivity contribution in [1.82, 2.24) is 5.43 Å². The van der Waals surface area contributed by atoms with Crippen LogP contribution < -0.4 is 10.2 Å². The first-order valence-corrected chi connectivity index (χ1v) is 8.77. The summed E-state index contributed by atoms with van der Waals surface area (Å²) >= 11 is 5.91. The van der Waals surface area contributed by atoms with Gasteiger partial charge < -0.3 is 4.74 Å². The number of benzene rings is 2. The molecular formula is C20H23ClN2O2. The number of hydrogen-bond acceptors (Lipinski definition) is 3. The van der Waals surface area contributed by atoms with Crippen molar-refractivity contribution < 1.29 is 9.53 Å². The molecule has 25 heavy (non-hydrogen) atoms. The third-order valence-electron chi connectivity index (χ3n) is 3.69. The molecule has 0 bridgehead atoms. The standard InChI is InChI=1S/C20H23ClN2O2/c1-3-4-10-18(16-8-6-5-7-9-16)22-23-20(24)14-25-19-12-11-17(21)13-15(19)2/h5-9,11-13H,3-4,10,14H2,1-2H3,(H,23,24)/b22-18+. The van der Waals surface area contributed by atoms with Crippen molar-refractivity contribution in [3.05, 3.63) is 64.7 Å². The largest absolute Gasteiger partial charge is 0.483 e. The predicted octanol–water partition coefficient (Wildman–Crippen LogP) is 4.74. The minimum Gasteiger partial charge on any atom is -0.483 e. The van der Waals surface area contributed by atoms with Crippen molar-refractivity contribution in [1.29, 1.82) is 0 Å². The van der Waals surface area contributed by atoms with Crippen LogP contribution in [-0.4, -0.2) is 18.2 Å². The van der Waals surface area contributed by atoms with Crippen LogP contribution in [0.1, 0.15) is 37.3 Å². The topological polar surface area (TPSA) is 50.7 Å². The molecule has 0 unspecified atom stereocenters. The maximum absolute atomic E-state index is 12.0. The number of carbonyl (C=O) groups excluding carboxylic acids is 1. The Morgan fingerprint density at radius 1 is 1.20 bits per heavy atom. The van der Waals surface area contributed by atoms with Gasteiger partial charge in [-0.15, -0.1) is 0 Å². The predicted molar refractivity (Wildman–Crippen MR) is 102 cm³/mol. The maximum Gasteiger partial charge on any atom is 0.277 e. The highest BCUT2D eigenvalue weighted by Gasteiger charge is 2.07. The second-order valence-electron chi connectivity index (χ2n) is 5.76. The van der Waals surface area contributed by atoms with Gasteiger partial charge in [-0.05, 0) is 49.1 Å². The number of halogens is 1. The van der Waals surface area contributed by atoms with E-state index < -0.39 is 0 Å². The lowest BCUT2D eigenvalue weighted by Crippen LogP contribution is -2.26. The van der Waals surface area contributed by atoms with E-state index in [1.165, 1.54) is 0 Å². The van der Waals surface area contributed by atoms with Crippen molar-refractivity contribution >= 4 is 23.2 Å². The first kappa shape index (κ1) is 19.0. The average Bonchev–Trinajstić information content (AvgIpc) is 2.62. The summed E-state index contributed by atoms with van der Waals surface area (Å²) < 4.78 is 5.53. The van der Waals surface area contributed by atoms with Gasteiger partial charge in [-0.2, -0.15) is 5.10 Å². The molecule has 0 fully saturated rings. The van der Waals surface area contributed by atoms with E-state index in [9.17, 15) is 4.79 Å².